The van der Waals surface area contributed by atoms with Crippen molar-refractivity contribution in [3.8, 4) is 11.5 Å². The maximum atomic E-state index is 13.0. The zero-order valence-corrected chi connectivity index (χ0v) is 15.2. The monoisotopic (exact) mass is 363 g/mol. The lowest BCUT2D eigenvalue weighted by Gasteiger charge is -2.41. The van der Waals surface area contributed by atoms with Crippen molar-refractivity contribution in [2.24, 2.45) is 11.3 Å². The summed E-state index contributed by atoms with van der Waals surface area (Å²) in [5.41, 5.74) is -0.0911. The standard InChI is InChI=1S/C19H25NO6/c1-24-12-19(18(22)23)6-3-7-20(11-19)17(21)14-8-13-9-15(25-2)4-5-16(13)26-10-14/h4-5,9,14H,3,6-8,10-12H2,1-2H3,(H,22,23). The van der Waals surface area contributed by atoms with Crippen molar-refractivity contribution in [2.75, 3.05) is 40.5 Å². The molecule has 2 aliphatic rings. The second-order valence-corrected chi connectivity index (χ2v) is 7.07. The van der Waals surface area contributed by atoms with Crippen molar-refractivity contribution >= 4 is 11.9 Å². The molecule has 1 N–H and O–H groups in total. The first kappa shape index (κ1) is 18.5. The summed E-state index contributed by atoms with van der Waals surface area (Å²) >= 11 is 0. The molecule has 1 aromatic rings. The van der Waals surface area contributed by atoms with Gasteiger partial charge in [0, 0.05) is 20.2 Å². The molecule has 0 spiro atoms. The number of nitrogens with zero attached hydrogens (tertiary/aromatic N) is 1. The molecule has 7 heteroatoms. The molecule has 2 atom stereocenters. The van der Waals surface area contributed by atoms with Crippen LogP contribution in [-0.4, -0.2) is 62.4 Å². The molecule has 1 amide bonds. The van der Waals surface area contributed by atoms with Crippen molar-refractivity contribution in [3.63, 3.8) is 0 Å². The number of amides is 1. The quantitative estimate of drug-likeness (QED) is 0.855. The Bertz CT molecular complexity index is 687. The highest BCUT2D eigenvalue weighted by Gasteiger charge is 2.45. The van der Waals surface area contributed by atoms with E-state index in [0.29, 0.717) is 32.4 Å². The Morgan fingerprint density at radius 1 is 1.38 bits per heavy atom. The second-order valence-electron chi connectivity index (χ2n) is 7.07. The van der Waals surface area contributed by atoms with Crippen LogP contribution in [0.4, 0.5) is 0 Å². The Morgan fingerprint density at radius 2 is 2.19 bits per heavy atom. The number of methoxy groups -OCH3 is 2. The summed E-state index contributed by atoms with van der Waals surface area (Å²) in [5.74, 6) is 0.213. The molecule has 142 valence electrons. The van der Waals surface area contributed by atoms with Gasteiger partial charge >= 0.3 is 5.97 Å². The average molecular weight is 363 g/mol. The summed E-state index contributed by atoms with van der Waals surface area (Å²) in [6.45, 7) is 1.15. The minimum atomic E-state index is -1.03. The molecule has 26 heavy (non-hydrogen) atoms. The number of ether oxygens (including phenoxy) is 3. The van der Waals surface area contributed by atoms with Gasteiger partial charge < -0.3 is 24.2 Å². The van der Waals surface area contributed by atoms with Crippen LogP contribution in [0.3, 0.4) is 0 Å². The Kier molecular flexibility index (Phi) is 5.36. The number of hydrogen-bond donors (Lipinski definition) is 1. The molecule has 2 aliphatic heterocycles. The number of piperidine rings is 1. The molecule has 1 aromatic carbocycles. The fraction of sp³-hybridized carbons (Fsp3) is 0.579. The van der Waals surface area contributed by atoms with E-state index < -0.39 is 11.4 Å². The Hall–Kier alpha value is -2.28. The van der Waals surface area contributed by atoms with Gasteiger partial charge in [-0.05, 0) is 43.0 Å². The fourth-order valence-electron chi connectivity index (χ4n) is 3.86. The van der Waals surface area contributed by atoms with Crippen LogP contribution in [0.25, 0.3) is 0 Å². The number of aliphatic carboxylic acids is 1. The van der Waals surface area contributed by atoms with Crippen LogP contribution in [0.5, 0.6) is 11.5 Å². The predicted octanol–water partition coefficient (Wildman–Crippen LogP) is 1.59. The van der Waals surface area contributed by atoms with Crippen molar-refractivity contribution in [2.45, 2.75) is 19.3 Å². The number of benzene rings is 1. The zero-order valence-electron chi connectivity index (χ0n) is 15.2. The normalized spacial score (nSPS) is 25.2. The van der Waals surface area contributed by atoms with E-state index in [1.807, 2.05) is 18.2 Å². The molecule has 3 rings (SSSR count). The smallest absolute Gasteiger partial charge is 0.313 e. The van der Waals surface area contributed by atoms with Crippen molar-refractivity contribution in [1.29, 1.82) is 0 Å². The van der Waals surface area contributed by atoms with Gasteiger partial charge in [0.15, 0.2) is 0 Å². The minimum Gasteiger partial charge on any atom is -0.497 e. The summed E-state index contributed by atoms with van der Waals surface area (Å²) in [6.07, 6.45) is 1.73. The lowest BCUT2D eigenvalue weighted by Crippen LogP contribution is -2.54. The largest absolute Gasteiger partial charge is 0.497 e. The number of hydrogen-bond acceptors (Lipinski definition) is 5. The summed E-state index contributed by atoms with van der Waals surface area (Å²) < 4.78 is 16.1. The molecule has 0 aliphatic carbocycles. The highest BCUT2D eigenvalue weighted by atomic mass is 16.5. The lowest BCUT2D eigenvalue weighted by atomic mass is 9.80. The van der Waals surface area contributed by atoms with Gasteiger partial charge in [0.2, 0.25) is 5.91 Å². The van der Waals surface area contributed by atoms with Gasteiger partial charge in [-0.3, -0.25) is 9.59 Å². The number of carbonyl (C=O) groups is 2. The molecule has 1 fully saturated rings. The zero-order chi connectivity index (χ0) is 18.7. The Morgan fingerprint density at radius 3 is 2.88 bits per heavy atom. The van der Waals surface area contributed by atoms with Gasteiger partial charge in [-0.1, -0.05) is 0 Å². The molecule has 2 heterocycles. The van der Waals surface area contributed by atoms with Crippen LogP contribution in [0.1, 0.15) is 18.4 Å². The van der Waals surface area contributed by atoms with Crippen molar-refractivity contribution in [3.05, 3.63) is 23.8 Å². The first-order chi connectivity index (χ1) is 12.5. The van der Waals surface area contributed by atoms with Crippen LogP contribution < -0.4 is 9.47 Å². The van der Waals surface area contributed by atoms with Crippen LogP contribution in [0.15, 0.2) is 18.2 Å². The summed E-state index contributed by atoms with van der Waals surface area (Å²) in [6, 6.07) is 5.57. The number of fused-ring (bicyclic) bond motifs is 1. The molecule has 2 unspecified atom stereocenters. The van der Waals surface area contributed by atoms with E-state index in [9.17, 15) is 14.7 Å². The molecule has 0 bridgehead atoms. The molecule has 0 aromatic heterocycles. The molecule has 1 saturated heterocycles. The summed E-state index contributed by atoms with van der Waals surface area (Å²) in [5, 5.41) is 9.66. The van der Waals surface area contributed by atoms with Crippen molar-refractivity contribution < 1.29 is 28.9 Å². The third-order valence-corrected chi connectivity index (χ3v) is 5.29. The van der Waals surface area contributed by atoms with E-state index in [0.717, 1.165) is 17.1 Å². The van der Waals surface area contributed by atoms with Gasteiger partial charge in [-0.15, -0.1) is 0 Å². The van der Waals surface area contributed by atoms with E-state index in [1.165, 1.54) is 7.11 Å². The Balaban J connectivity index is 1.73. The number of carboxylic acids is 1. The van der Waals surface area contributed by atoms with Crippen LogP contribution in [0, 0.1) is 11.3 Å². The number of carbonyl (C=O) groups excluding carboxylic acids is 1. The van der Waals surface area contributed by atoms with Crippen LogP contribution in [-0.2, 0) is 20.7 Å². The van der Waals surface area contributed by atoms with E-state index in [2.05, 4.69) is 0 Å². The SMILES string of the molecule is COCC1(C(=O)O)CCCN(C(=O)C2COc3ccc(OC)cc3C2)C1. The van der Waals surface area contributed by atoms with Crippen LogP contribution in [0.2, 0.25) is 0 Å². The molecule has 0 radical (unpaired) electrons. The van der Waals surface area contributed by atoms with Crippen molar-refractivity contribution in [1.82, 2.24) is 4.90 Å². The number of rotatable bonds is 5. The van der Waals surface area contributed by atoms with E-state index in [1.54, 1.807) is 12.0 Å². The minimum absolute atomic E-state index is 0.0557. The van der Waals surface area contributed by atoms with E-state index in [4.69, 9.17) is 14.2 Å². The highest BCUT2D eigenvalue weighted by molar-refractivity contribution is 5.82. The maximum Gasteiger partial charge on any atom is 0.313 e. The van der Waals surface area contributed by atoms with Gasteiger partial charge in [-0.2, -0.15) is 0 Å². The number of carboxylic acid groups (broad SMARTS) is 1. The molecular weight excluding hydrogens is 338 g/mol. The van der Waals surface area contributed by atoms with Gasteiger partial charge in [0.1, 0.15) is 23.5 Å². The van der Waals surface area contributed by atoms with Gasteiger partial charge in [-0.25, -0.2) is 0 Å². The third kappa shape index (κ3) is 3.49. The van der Waals surface area contributed by atoms with Crippen LogP contribution >= 0.6 is 0 Å². The molecule has 0 saturated carbocycles. The van der Waals surface area contributed by atoms with Gasteiger partial charge in [0.05, 0.1) is 19.6 Å². The second kappa shape index (κ2) is 7.53. The molecule has 7 nitrogen and oxygen atoms in total. The Labute approximate surface area is 152 Å². The van der Waals surface area contributed by atoms with E-state index >= 15 is 0 Å². The summed E-state index contributed by atoms with van der Waals surface area (Å²) in [7, 11) is 3.09. The lowest BCUT2D eigenvalue weighted by molar-refractivity contribution is -0.160. The average Bonchev–Trinajstić information content (AvgIpc) is 2.66. The van der Waals surface area contributed by atoms with Gasteiger partial charge in [0.25, 0.3) is 0 Å². The number of likely N-dealkylation sites (tertiary alicyclic amines) is 1. The maximum absolute atomic E-state index is 13.0. The topological polar surface area (TPSA) is 85.3 Å². The first-order valence-corrected chi connectivity index (χ1v) is 8.80. The first-order valence-electron chi connectivity index (χ1n) is 8.80. The summed E-state index contributed by atoms with van der Waals surface area (Å²) in [4.78, 5) is 26.5. The van der Waals surface area contributed by atoms with E-state index in [-0.39, 0.29) is 25.0 Å². The third-order valence-electron chi connectivity index (χ3n) is 5.29. The highest BCUT2D eigenvalue weighted by Crippen LogP contribution is 2.34. The predicted molar refractivity (Wildman–Crippen MR) is 93.4 cm³/mol. The fourth-order valence-corrected chi connectivity index (χ4v) is 3.86. The molecular formula is C19H25NO6.